The van der Waals surface area contributed by atoms with Crippen molar-refractivity contribution in [3.8, 4) is 0 Å². The second kappa shape index (κ2) is 4.85. The summed E-state index contributed by atoms with van der Waals surface area (Å²) in [7, 11) is 0. The third-order valence-electron chi connectivity index (χ3n) is 2.02. The Bertz CT molecular complexity index is 271. The van der Waals surface area contributed by atoms with Gasteiger partial charge in [0.2, 0.25) is 0 Å². The minimum absolute atomic E-state index is 0.252. The van der Waals surface area contributed by atoms with Gasteiger partial charge in [-0.2, -0.15) is 0 Å². The van der Waals surface area contributed by atoms with Crippen LogP contribution in [0.25, 0.3) is 0 Å². The molecule has 0 bridgehead atoms. The molecule has 0 aliphatic heterocycles. The van der Waals surface area contributed by atoms with Crippen molar-refractivity contribution in [2.75, 3.05) is 18.5 Å². The van der Waals surface area contributed by atoms with Gasteiger partial charge in [-0.15, -0.1) is 0 Å². The predicted molar refractivity (Wildman–Crippen MR) is 55.0 cm³/mol. The van der Waals surface area contributed by atoms with Crippen molar-refractivity contribution in [3.63, 3.8) is 0 Å². The van der Waals surface area contributed by atoms with Crippen molar-refractivity contribution in [2.24, 2.45) is 0 Å². The number of aryl methyl sites for hydroxylation is 2. The maximum atomic E-state index is 11.8. The zero-order chi connectivity index (χ0) is 9.68. The molecule has 0 saturated heterocycles. The standard InChI is InChI=1S/C11H16FN/c1-9-4-5-10(2)11(8-9)13-7-3-6-12/h4-5,8,13H,3,6-7H2,1-2H3. The Morgan fingerprint density at radius 2 is 2.08 bits per heavy atom. The summed E-state index contributed by atoms with van der Waals surface area (Å²) in [5, 5.41) is 3.21. The Morgan fingerprint density at radius 1 is 1.31 bits per heavy atom. The first-order valence-corrected chi connectivity index (χ1v) is 4.61. The van der Waals surface area contributed by atoms with Crippen LogP contribution >= 0.6 is 0 Å². The lowest BCUT2D eigenvalue weighted by Gasteiger charge is -2.09. The molecule has 0 saturated carbocycles. The van der Waals surface area contributed by atoms with E-state index in [0.29, 0.717) is 13.0 Å². The molecule has 1 aromatic rings. The first kappa shape index (κ1) is 10.0. The van der Waals surface area contributed by atoms with Crippen LogP contribution in [0.15, 0.2) is 18.2 Å². The lowest BCUT2D eigenvalue weighted by molar-refractivity contribution is 0.481. The molecule has 0 heterocycles. The van der Waals surface area contributed by atoms with Crippen LogP contribution in [-0.2, 0) is 0 Å². The molecule has 0 aliphatic carbocycles. The van der Waals surface area contributed by atoms with Crippen LogP contribution < -0.4 is 5.32 Å². The Balaban J connectivity index is 2.59. The van der Waals surface area contributed by atoms with Gasteiger partial charge in [0.1, 0.15) is 0 Å². The number of hydrogen-bond acceptors (Lipinski definition) is 1. The van der Waals surface area contributed by atoms with Gasteiger partial charge in [0.05, 0.1) is 6.67 Å². The Hall–Kier alpha value is -1.05. The van der Waals surface area contributed by atoms with E-state index in [1.165, 1.54) is 11.1 Å². The van der Waals surface area contributed by atoms with Crippen molar-refractivity contribution in [2.45, 2.75) is 20.3 Å². The maximum Gasteiger partial charge on any atom is 0.0911 e. The molecule has 0 amide bonds. The van der Waals surface area contributed by atoms with E-state index >= 15 is 0 Å². The van der Waals surface area contributed by atoms with E-state index in [1.54, 1.807) is 0 Å². The average molecular weight is 181 g/mol. The summed E-state index contributed by atoms with van der Waals surface area (Å²) < 4.78 is 11.8. The van der Waals surface area contributed by atoms with Crippen molar-refractivity contribution in [1.82, 2.24) is 0 Å². The van der Waals surface area contributed by atoms with E-state index in [-0.39, 0.29) is 6.67 Å². The van der Waals surface area contributed by atoms with Gasteiger partial charge in [0, 0.05) is 12.2 Å². The highest BCUT2D eigenvalue weighted by Gasteiger charge is 1.96. The zero-order valence-corrected chi connectivity index (χ0v) is 8.23. The highest BCUT2D eigenvalue weighted by Crippen LogP contribution is 2.15. The lowest BCUT2D eigenvalue weighted by atomic mass is 10.1. The maximum absolute atomic E-state index is 11.8. The van der Waals surface area contributed by atoms with Gasteiger partial charge in [-0.25, -0.2) is 0 Å². The molecular weight excluding hydrogens is 165 g/mol. The molecule has 0 aromatic heterocycles. The van der Waals surface area contributed by atoms with Crippen LogP contribution in [-0.4, -0.2) is 13.2 Å². The molecule has 0 fully saturated rings. The monoisotopic (exact) mass is 181 g/mol. The summed E-state index contributed by atoms with van der Waals surface area (Å²) in [4.78, 5) is 0. The number of halogens is 1. The average Bonchev–Trinajstić information content (AvgIpc) is 2.11. The molecular formula is C11H16FN. The topological polar surface area (TPSA) is 12.0 Å². The number of nitrogens with one attached hydrogen (secondary N) is 1. The summed E-state index contributed by atoms with van der Waals surface area (Å²) in [6, 6.07) is 6.25. The molecule has 1 aromatic carbocycles. The number of anilines is 1. The predicted octanol–water partition coefficient (Wildman–Crippen LogP) is 3.07. The SMILES string of the molecule is Cc1ccc(C)c(NCCCF)c1. The summed E-state index contributed by atoms with van der Waals surface area (Å²) in [6.07, 6.45) is 0.577. The molecule has 72 valence electrons. The smallest absolute Gasteiger partial charge is 0.0911 e. The Kier molecular flexibility index (Phi) is 3.74. The Morgan fingerprint density at radius 3 is 2.77 bits per heavy atom. The Labute approximate surface area is 79.0 Å². The fourth-order valence-electron chi connectivity index (χ4n) is 1.22. The minimum atomic E-state index is -0.252. The van der Waals surface area contributed by atoms with Crippen molar-refractivity contribution in [3.05, 3.63) is 29.3 Å². The fraction of sp³-hybridized carbons (Fsp3) is 0.455. The lowest BCUT2D eigenvalue weighted by Crippen LogP contribution is -2.03. The second-order valence-electron chi connectivity index (χ2n) is 3.29. The first-order chi connectivity index (χ1) is 6.24. The van der Waals surface area contributed by atoms with Crippen LogP contribution in [0.4, 0.5) is 10.1 Å². The molecule has 13 heavy (non-hydrogen) atoms. The largest absolute Gasteiger partial charge is 0.385 e. The summed E-state index contributed by atoms with van der Waals surface area (Å²) in [6.45, 7) is 4.57. The van der Waals surface area contributed by atoms with Crippen molar-refractivity contribution >= 4 is 5.69 Å². The fourth-order valence-corrected chi connectivity index (χ4v) is 1.22. The molecule has 0 atom stereocenters. The van der Waals surface area contributed by atoms with Crippen LogP contribution in [0.3, 0.4) is 0 Å². The number of hydrogen-bond donors (Lipinski definition) is 1. The van der Waals surface area contributed by atoms with E-state index in [1.807, 2.05) is 0 Å². The molecule has 1 N–H and O–H groups in total. The van der Waals surface area contributed by atoms with Crippen LogP contribution in [0.1, 0.15) is 17.5 Å². The second-order valence-corrected chi connectivity index (χ2v) is 3.29. The number of alkyl halides is 1. The summed E-state index contributed by atoms with van der Waals surface area (Å²) in [5.74, 6) is 0. The summed E-state index contributed by atoms with van der Waals surface area (Å²) >= 11 is 0. The van der Waals surface area contributed by atoms with Crippen LogP contribution in [0, 0.1) is 13.8 Å². The van der Waals surface area contributed by atoms with E-state index < -0.39 is 0 Å². The highest BCUT2D eigenvalue weighted by atomic mass is 19.1. The normalized spacial score (nSPS) is 10.1. The van der Waals surface area contributed by atoms with Crippen molar-refractivity contribution < 1.29 is 4.39 Å². The van der Waals surface area contributed by atoms with Crippen LogP contribution in [0.2, 0.25) is 0 Å². The van der Waals surface area contributed by atoms with Gasteiger partial charge in [0.25, 0.3) is 0 Å². The highest BCUT2D eigenvalue weighted by molar-refractivity contribution is 5.52. The quantitative estimate of drug-likeness (QED) is 0.704. The van der Waals surface area contributed by atoms with E-state index in [0.717, 1.165) is 5.69 Å². The van der Waals surface area contributed by atoms with Gasteiger partial charge in [-0.3, -0.25) is 4.39 Å². The zero-order valence-electron chi connectivity index (χ0n) is 8.23. The molecule has 0 radical (unpaired) electrons. The van der Waals surface area contributed by atoms with E-state index in [4.69, 9.17) is 0 Å². The molecule has 2 heteroatoms. The molecule has 0 spiro atoms. The summed E-state index contributed by atoms with van der Waals surface area (Å²) in [5.41, 5.74) is 3.56. The van der Waals surface area contributed by atoms with Gasteiger partial charge in [0.15, 0.2) is 0 Å². The van der Waals surface area contributed by atoms with Crippen molar-refractivity contribution in [1.29, 1.82) is 0 Å². The third kappa shape index (κ3) is 3.05. The van der Waals surface area contributed by atoms with E-state index in [2.05, 4.69) is 37.4 Å². The molecule has 1 rings (SSSR count). The number of rotatable bonds is 4. The van der Waals surface area contributed by atoms with Gasteiger partial charge >= 0.3 is 0 Å². The molecule has 0 aliphatic rings. The van der Waals surface area contributed by atoms with Gasteiger partial charge in [-0.05, 0) is 37.5 Å². The van der Waals surface area contributed by atoms with Crippen LogP contribution in [0.5, 0.6) is 0 Å². The van der Waals surface area contributed by atoms with E-state index in [9.17, 15) is 4.39 Å². The minimum Gasteiger partial charge on any atom is -0.385 e. The first-order valence-electron chi connectivity index (χ1n) is 4.61. The van der Waals surface area contributed by atoms with Gasteiger partial charge in [-0.1, -0.05) is 12.1 Å². The molecule has 0 unspecified atom stereocenters. The van der Waals surface area contributed by atoms with Gasteiger partial charge < -0.3 is 5.32 Å². The number of benzene rings is 1. The third-order valence-corrected chi connectivity index (χ3v) is 2.02. The molecule has 1 nitrogen and oxygen atoms in total.